The Balaban J connectivity index is 1.49. The molecule has 5 nitrogen and oxygen atoms in total. The second-order valence-electron chi connectivity index (χ2n) is 7.42. The molecule has 0 aromatic heterocycles. The van der Waals surface area contributed by atoms with Crippen LogP contribution in [0.1, 0.15) is 23.7 Å². The number of nitrogens with one attached hydrogen (secondary N) is 2. The van der Waals surface area contributed by atoms with Crippen LogP contribution in [0.25, 0.3) is 0 Å². The van der Waals surface area contributed by atoms with Gasteiger partial charge in [-0.2, -0.15) is 0 Å². The molecule has 31 heavy (non-hydrogen) atoms. The number of carbonyl (C=O) groups excluding carboxylic acids is 2. The third kappa shape index (κ3) is 5.67. The lowest BCUT2D eigenvalue weighted by molar-refractivity contribution is -0.117. The van der Waals surface area contributed by atoms with Crippen molar-refractivity contribution in [2.45, 2.75) is 23.0 Å². The minimum Gasteiger partial charge on any atom is -0.497 e. The van der Waals surface area contributed by atoms with Crippen molar-refractivity contribution in [3.63, 3.8) is 0 Å². The van der Waals surface area contributed by atoms with Crippen molar-refractivity contribution in [1.82, 2.24) is 0 Å². The summed E-state index contributed by atoms with van der Waals surface area (Å²) in [6.07, 6.45) is 1.95. The van der Waals surface area contributed by atoms with Gasteiger partial charge in [-0.05, 0) is 54.8 Å². The van der Waals surface area contributed by atoms with E-state index in [9.17, 15) is 9.59 Å². The smallest absolute Gasteiger partial charge is 0.242 e. The first-order valence-corrected chi connectivity index (χ1v) is 11.1. The minimum absolute atomic E-state index is 0.0835. The second-order valence-corrected chi connectivity index (χ2v) is 8.60. The average molecular weight is 433 g/mol. The summed E-state index contributed by atoms with van der Waals surface area (Å²) in [6.45, 7) is 0. The molecule has 158 valence electrons. The summed E-state index contributed by atoms with van der Waals surface area (Å²) in [5.41, 5.74) is 2.38. The lowest BCUT2D eigenvalue weighted by atomic mass is 10.1. The minimum atomic E-state index is -0.431. The fourth-order valence-corrected chi connectivity index (χ4v) is 4.18. The molecule has 0 saturated heterocycles. The topological polar surface area (TPSA) is 67.4 Å². The molecule has 0 aliphatic heterocycles. The number of anilines is 2. The SMILES string of the molecule is COc1cccc(NC(=O)C(Sc2ccc(NC(=O)C3CC3)cc2)c2ccccc2)c1. The van der Waals surface area contributed by atoms with E-state index in [0.717, 1.165) is 29.0 Å². The summed E-state index contributed by atoms with van der Waals surface area (Å²) < 4.78 is 5.25. The zero-order valence-corrected chi connectivity index (χ0v) is 18.0. The predicted octanol–water partition coefficient (Wildman–Crippen LogP) is 5.52. The Kier molecular flexibility index (Phi) is 6.57. The highest BCUT2D eigenvalue weighted by molar-refractivity contribution is 8.00. The Bertz CT molecular complexity index is 1050. The molecule has 0 spiro atoms. The molecular formula is C25H24N2O3S. The van der Waals surface area contributed by atoms with E-state index in [0.29, 0.717) is 11.4 Å². The van der Waals surface area contributed by atoms with E-state index in [1.807, 2.05) is 72.8 Å². The Morgan fingerprint density at radius 2 is 1.65 bits per heavy atom. The number of benzene rings is 3. The molecule has 1 fully saturated rings. The Labute approximate surface area is 186 Å². The van der Waals surface area contributed by atoms with Crippen LogP contribution >= 0.6 is 11.8 Å². The second kappa shape index (κ2) is 9.71. The third-order valence-electron chi connectivity index (χ3n) is 5.00. The number of thioether (sulfide) groups is 1. The maximum atomic E-state index is 13.2. The molecule has 3 aromatic rings. The number of ether oxygens (including phenoxy) is 1. The number of methoxy groups -OCH3 is 1. The van der Waals surface area contributed by atoms with E-state index in [4.69, 9.17) is 4.74 Å². The molecule has 0 heterocycles. The van der Waals surface area contributed by atoms with Crippen LogP contribution in [0, 0.1) is 5.92 Å². The number of rotatable bonds is 8. The number of carbonyl (C=O) groups is 2. The van der Waals surface area contributed by atoms with Crippen LogP contribution in [0.15, 0.2) is 83.8 Å². The van der Waals surface area contributed by atoms with E-state index in [1.54, 1.807) is 13.2 Å². The Morgan fingerprint density at radius 1 is 0.903 bits per heavy atom. The zero-order chi connectivity index (χ0) is 21.6. The lowest BCUT2D eigenvalue weighted by Crippen LogP contribution is -2.19. The van der Waals surface area contributed by atoms with Crippen molar-refractivity contribution < 1.29 is 14.3 Å². The first-order valence-electron chi connectivity index (χ1n) is 10.2. The molecule has 1 aliphatic carbocycles. The first-order chi connectivity index (χ1) is 15.1. The van der Waals surface area contributed by atoms with Gasteiger partial charge in [0, 0.05) is 28.3 Å². The van der Waals surface area contributed by atoms with Crippen molar-refractivity contribution in [2.75, 3.05) is 17.7 Å². The van der Waals surface area contributed by atoms with Crippen molar-refractivity contribution in [2.24, 2.45) is 5.92 Å². The van der Waals surface area contributed by atoms with Gasteiger partial charge in [0.2, 0.25) is 11.8 Å². The highest BCUT2D eigenvalue weighted by atomic mass is 32.2. The maximum absolute atomic E-state index is 13.2. The highest BCUT2D eigenvalue weighted by Crippen LogP contribution is 2.37. The predicted molar refractivity (Wildman–Crippen MR) is 124 cm³/mol. The Hall–Kier alpha value is -3.25. The number of hydrogen-bond acceptors (Lipinski definition) is 4. The van der Waals surface area contributed by atoms with E-state index in [-0.39, 0.29) is 17.7 Å². The molecule has 1 atom stereocenters. The van der Waals surface area contributed by atoms with Crippen LogP contribution in [0.5, 0.6) is 5.75 Å². The van der Waals surface area contributed by atoms with Gasteiger partial charge in [-0.1, -0.05) is 36.4 Å². The molecule has 0 radical (unpaired) electrons. The fourth-order valence-electron chi connectivity index (χ4n) is 3.15. The summed E-state index contributed by atoms with van der Waals surface area (Å²) in [4.78, 5) is 26.1. The highest BCUT2D eigenvalue weighted by Gasteiger charge is 2.29. The Morgan fingerprint density at radius 3 is 2.32 bits per heavy atom. The first kappa shape index (κ1) is 21.0. The summed E-state index contributed by atoms with van der Waals surface area (Å²) in [5.74, 6) is 0.818. The van der Waals surface area contributed by atoms with E-state index >= 15 is 0 Å². The van der Waals surface area contributed by atoms with Gasteiger partial charge in [0.1, 0.15) is 11.0 Å². The normalized spacial score (nSPS) is 13.8. The largest absolute Gasteiger partial charge is 0.497 e. The maximum Gasteiger partial charge on any atom is 0.242 e. The van der Waals surface area contributed by atoms with Crippen molar-refractivity contribution >= 4 is 35.0 Å². The quantitative estimate of drug-likeness (QED) is 0.460. The third-order valence-corrected chi connectivity index (χ3v) is 6.27. The van der Waals surface area contributed by atoms with Crippen molar-refractivity contribution in [3.8, 4) is 5.75 Å². The standard InChI is InChI=1S/C25H24N2O3S/c1-30-21-9-5-8-20(16-21)27-25(29)23(17-6-3-2-4-7-17)31-22-14-12-19(13-15-22)26-24(28)18-10-11-18/h2-9,12-16,18,23H,10-11H2,1H3,(H,26,28)(H,27,29). The van der Waals surface area contributed by atoms with Gasteiger partial charge in [0.15, 0.2) is 0 Å². The monoisotopic (exact) mass is 432 g/mol. The molecule has 4 rings (SSSR count). The van der Waals surface area contributed by atoms with Gasteiger partial charge in [-0.15, -0.1) is 11.8 Å². The number of amides is 2. The molecule has 1 unspecified atom stereocenters. The van der Waals surface area contributed by atoms with Crippen LogP contribution in [-0.4, -0.2) is 18.9 Å². The zero-order valence-electron chi connectivity index (χ0n) is 17.2. The summed E-state index contributed by atoms with van der Waals surface area (Å²) in [5, 5.41) is 5.51. The molecule has 1 saturated carbocycles. The molecule has 0 bridgehead atoms. The lowest BCUT2D eigenvalue weighted by Gasteiger charge is -2.18. The number of hydrogen-bond donors (Lipinski definition) is 2. The summed E-state index contributed by atoms with van der Waals surface area (Å²) in [7, 11) is 1.60. The van der Waals surface area contributed by atoms with Gasteiger partial charge in [-0.25, -0.2) is 0 Å². The molecule has 2 N–H and O–H groups in total. The molecular weight excluding hydrogens is 408 g/mol. The summed E-state index contributed by atoms with van der Waals surface area (Å²) in [6, 6.07) is 24.6. The van der Waals surface area contributed by atoms with Crippen molar-refractivity contribution in [1.29, 1.82) is 0 Å². The van der Waals surface area contributed by atoms with Crippen LogP contribution in [0.4, 0.5) is 11.4 Å². The van der Waals surface area contributed by atoms with Gasteiger partial charge in [0.05, 0.1) is 7.11 Å². The van der Waals surface area contributed by atoms with Gasteiger partial charge >= 0.3 is 0 Å². The van der Waals surface area contributed by atoms with Crippen LogP contribution in [0.2, 0.25) is 0 Å². The van der Waals surface area contributed by atoms with Gasteiger partial charge < -0.3 is 15.4 Å². The summed E-state index contributed by atoms with van der Waals surface area (Å²) >= 11 is 1.47. The molecule has 3 aromatic carbocycles. The van der Waals surface area contributed by atoms with Crippen LogP contribution < -0.4 is 15.4 Å². The van der Waals surface area contributed by atoms with Crippen LogP contribution in [0.3, 0.4) is 0 Å². The van der Waals surface area contributed by atoms with Gasteiger partial charge in [-0.3, -0.25) is 9.59 Å². The van der Waals surface area contributed by atoms with E-state index in [2.05, 4.69) is 10.6 Å². The fraction of sp³-hybridized carbons (Fsp3) is 0.200. The van der Waals surface area contributed by atoms with Gasteiger partial charge in [0.25, 0.3) is 0 Å². The van der Waals surface area contributed by atoms with E-state index in [1.165, 1.54) is 11.8 Å². The van der Waals surface area contributed by atoms with Crippen molar-refractivity contribution in [3.05, 3.63) is 84.4 Å². The average Bonchev–Trinajstić information content (AvgIpc) is 3.65. The van der Waals surface area contributed by atoms with E-state index < -0.39 is 5.25 Å². The molecule has 6 heteroatoms. The van der Waals surface area contributed by atoms with Crippen LogP contribution in [-0.2, 0) is 9.59 Å². The molecule has 2 amide bonds. The molecule has 1 aliphatic rings.